The van der Waals surface area contributed by atoms with E-state index in [4.69, 9.17) is 0 Å². The van der Waals surface area contributed by atoms with E-state index >= 15 is 0 Å². The molecule has 0 fully saturated rings. The van der Waals surface area contributed by atoms with E-state index in [2.05, 4.69) is 252 Å². The highest BCUT2D eigenvalue weighted by atomic mass is 15.1. The fraction of sp³-hybridized carbons (Fsp3) is 0. The molecule has 0 aliphatic heterocycles. The van der Waals surface area contributed by atoms with Crippen LogP contribution in [0.5, 0.6) is 0 Å². The third-order valence-corrected chi connectivity index (χ3v) is 12.5. The number of hydrogen-bond donors (Lipinski definition) is 0. The Morgan fingerprint density at radius 3 is 1.73 bits per heavy atom. The van der Waals surface area contributed by atoms with Crippen molar-refractivity contribution in [1.29, 1.82) is 0 Å². The molecule has 0 spiro atoms. The number of rotatable bonds is 7. The van der Waals surface area contributed by atoms with E-state index in [1.54, 1.807) is 0 Å². The number of aromatic nitrogens is 1. The van der Waals surface area contributed by atoms with E-state index in [1.165, 1.54) is 81.9 Å². The van der Waals surface area contributed by atoms with Crippen LogP contribution in [0.1, 0.15) is 0 Å². The van der Waals surface area contributed by atoms with Crippen LogP contribution >= 0.6 is 0 Å². The van der Waals surface area contributed by atoms with Gasteiger partial charge in [-0.2, -0.15) is 0 Å². The van der Waals surface area contributed by atoms with Gasteiger partial charge in [0, 0.05) is 33.5 Å². The Morgan fingerprint density at radius 1 is 0.274 bits per heavy atom. The van der Waals surface area contributed by atoms with Gasteiger partial charge in [0.05, 0.1) is 11.0 Å². The standard InChI is InChI=1S/C60H40N2/c1-3-13-41(14-4-1)47-31-36-58-57(40-47)60-56(23-12-24-59(60)62(58)50-19-5-2-6-20-50)48-18-11-21-52(38-48)61(53-34-35-55-49(39-53)28-26-44-16-9-10-22-54(44)55)51-32-29-43(30-33-51)46-27-25-42-15-7-8-17-45(42)37-46/h1-40H. The van der Waals surface area contributed by atoms with Gasteiger partial charge in [-0.05, 0) is 138 Å². The third-order valence-electron chi connectivity index (χ3n) is 12.5. The fourth-order valence-electron chi connectivity index (χ4n) is 9.55. The predicted molar refractivity (Wildman–Crippen MR) is 264 cm³/mol. The Hall–Kier alpha value is -8.20. The maximum Gasteiger partial charge on any atom is 0.0547 e. The van der Waals surface area contributed by atoms with Gasteiger partial charge in [-0.3, -0.25) is 0 Å². The molecular formula is C60H40N2. The van der Waals surface area contributed by atoms with Gasteiger partial charge >= 0.3 is 0 Å². The van der Waals surface area contributed by atoms with Gasteiger partial charge < -0.3 is 9.47 Å². The summed E-state index contributed by atoms with van der Waals surface area (Å²) in [7, 11) is 0. The van der Waals surface area contributed by atoms with Gasteiger partial charge in [0.2, 0.25) is 0 Å². The SMILES string of the molecule is c1ccc(-c2ccc3c(c2)c2c(-c4cccc(N(c5ccc(-c6ccc7ccccc7c6)cc5)c5ccc6c(ccc7ccccc76)c5)c4)cccc2n3-c2ccccc2)cc1. The average Bonchev–Trinajstić information content (AvgIpc) is 3.68. The summed E-state index contributed by atoms with van der Waals surface area (Å²) in [5.74, 6) is 0. The Balaban J connectivity index is 1.04. The van der Waals surface area contributed by atoms with Gasteiger partial charge in [0.1, 0.15) is 0 Å². The number of benzene rings is 11. The van der Waals surface area contributed by atoms with Crippen molar-refractivity contribution in [1.82, 2.24) is 4.57 Å². The van der Waals surface area contributed by atoms with Crippen LogP contribution < -0.4 is 4.90 Å². The Labute approximate surface area is 360 Å². The molecule has 12 aromatic rings. The molecule has 0 atom stereocenters. The summed E-state index contributed by atoms with van der Waals surface area (Å²) < 4.78 is 2.41. The largest absolute Gasteiger partial charge is 0.310 e. The normalized spacial score (nSPS) is 11.5. The molecule has 0 unspecified atom stereocenters. The Kier molecular flexibility index (Phi) is 8.53. The van der Waals surface area contributed by atoms with Crippen LogP contribution in [0.3, 0.4) is 0 Å². The molecule has 11 aromatic carbocycles. The molecule has 2 nitrogen and oxygen atoms in total. The molecule has 0 saturated heterocycles. The minimum absolute atomic E-state index is 1.09. The highest BCUT2D eigenvalue weighted by Gasteiger charge is 2.20. The Bertz CT molecular complexity index is 3620. The van der Waals surface area contributed by atoms with Crippen molar-refractivity contribution in [2.24, 2.45) is 0 Å². The number of anilines is 3. The van der Waals surface area contributed by atoms with Crippen molar-refractivity contribution in [3.05, 3.63) is 243 Å². The molecular weight excluding hydrogens is 749 g/mol. The zero-order chi connectivity index (χ0) is 41.0. The minimum Gasteiger partial charge on any atom is -0.310 e. The van der Waals surface area contributed by atoms with Crippen LogP contribution in [-0.4, -0.2) is 4.57 Å². The van der Waals surface area contributed by atoms with Gasteiger partial charge in [-0.15, -0.1) is 0 Å². The summed E-state index contributed by atoms with van der Waals surface area (Å²) in [6, 6.07) is 88.6. The van der Waals surface area contributed by atoms with E-state index in [1.807, 2.05) is 0 Å². The molecule has 0 N–H and O–H groups in total. The lowest BCUT2D eigenvalue weighted by Crippen LogP contribution is -2.10. The Morgan fingerprint density at radius 2 is 0.871 bits per heavy atom. The van der Waals surface area contributed by atoms with Gasteiger partial charge in [0.15, 0.2) is 0 Å². The van der Waals surface area contributed by atoms with Crippen molar-refractivity contribution < 1.29 is 0 Å². The first-order valence-electron chi connectivity index (χ1n) is 21.3. The molecule has 290 valence electrons. The third kappa shape index (κ3) is 6.12. The lowest BCUT2D eigenvalue weighted by Gasteiger charge is -2.27. The molecule has 12 rings (SSSR count). The number of fused-ring (bicyclic) bond motifs is 7. The van der Waals surface area contributed by atoms with Crippen LogP contribution in [-0.2, 0) is 0 Å². The molecule has 62 heavy (non-hydrogen) atoms. The quantitative estimate of drug-likeness (QED) is 0.146. The van der Waals surface area contributed by atoms with Gasteiger partial charge in [-0.25, -0.2) is 0 Å². The van der Waals surface area contributed by atoms with Crippen LogP contribution in [0.2, 0.25) is 0 Å². The van der Waals surface area contributed by atoms with Crippen molar-refractivity contribution in [3.8, 4) is 39.1 Å². The maximum absolute atomic E-state index is 2.41. The van der Waals surface area contributed by atoms with Crippen LogP contribution in [0.15, 0.2) is 243 Å². The van der Waals surface area contributed by atoms with Crippen molar-refractivity contribution in [2.75, 3.05) is 4.90 Å². The lowest BCUT2D eigenvalue weighted by molar-refractivity contribution is 1.18. The highest BCUT2D eigenvalue weighted by molar-refractivity contribution is 6.17. The summed E-state index contributed by atoms with van der Waals surface area (Å²) >= 11 is 0. The molecule has 0 bridgehead atoms. The molecule has 0 saturated carbocycles. The molecule has 0 aliphatic rings. The van der Waals surface area contributed by atoms with Gasteiger partial charge in [0.25, 0.3) is 0 Å². The lowest BCUT2D eigenvalue weighted by atomic mass is 9.96. The van der Waals surface area contributed by atoms with Crippen LogP contribution in [0, 0.1) is 0 Å². The summed E-state index contributed by atoms with van der Waals surface area (Å²) in [6.45, 7) is 0. The average molecular weight is 789 g/mol. The van der Waals surface area contributed by atoms with Crippen molar-refractivity contribution in [2.45, 2.75) is 0 Å². The number of para-hydroxylation sites is 1. The maximum atomic E-state index is 2.41. The van der Waals surface area contributed by atoms with E-state index < -0.39 is 0 Å². The second-order valence-electron chi connectivity index (χ2n) is 16.2. The zero-order valence-corrected chi connectivity index (χ0v) is 34.0. The predicted octanol–water partition coefficient (Wildman–Crippen LogP) is 16.7. The minimum atomic E-state index is 1.09. The topological polar surface area (TPSA) is 8.17 Å². The van der Waals surface area contributed by atoms with E-state index in [-0.39, 0.29) is 0 Å². The van der Waals surface area contributed by atoms with Crippen molar-refractivity contribution >= 4 is 71.2 Å². The summed E-state index contributed by atoms with van der Waals surface area (Å²) in [5, 5.41) is 9.95. The second-order valence-corrected chi connectivity index (χ2v) is 16.2. The van der Waals surface area contributed by atoms with E-state index in [0.29, 0.717) is 0 Å². The monoisotopic (exact) mass is 788 g/mol. The zero-order valence-electron chi connectivity index (χ0n) is 34.0. The first-order valence-corrected chi connectivity index (χ1v) is 21.3. The van der Waals surface area contributed by atoms with Crippen LogP contribution in [0.4, 0.5) is 17.1 Å². The fourth-order valence-corrected chi connectivity index (χ4v) is 9.55. The summed E-state index contributed by atoms with van der Waals surface area (Å²) in [4.78, 5) is 2.41. The summed E-state index contributed by atoms with van der Waals surface area (Å²) in [6.07, 6.45) is 0. The molecule has 0 radical (unpaired) electrons. The number of hydrogen-bond acceptors (Lipinski definition) is 1. The van der Waals surface area contributed by atoms with Gasteiger partial charge in [-0.1, -0.05) is 170 Å². The second kappa shape index (κ2) is 14.8. The highest BCUT2D eigenvalue weighted by Crippen LogP contribution is 2.43. The molecule has 0 amide bonds. The first kappa shape index (κ1) is 35.7. The molecule has 0 aliphatic carbocycles. The number of nitrogens with zero attached hydrogens (tertiary/aromatic N) is 2. The smallest absolute Gasteiger partial charge is 0.0547 e. The molecule has 1 heterocycles. The first-order chi connectivity index (χ1) is 30.7. The summed E-state index contributed by atoms with van der Waals surface area (Å²) in [5.41, 5.74) is 14.0. The van der Waals surface area contributed by atoms with Crippen LogP contribution in [0.25, 0.3) is 93.2 Å². The van der Waals surface area contributed by atoms with E-state index in [9.17, 15) is 0 Å². The van der Waals surface area contributed by atoms with Crippen molar-refractivity contribution in [3.63, 3.8) is 0 Å². The molecule has 2 heteroatoms. The molecule has 1 aromatic heterocycles. The van der Waals surface area contributed by atoms with E-state index in [0.717, 1.165) is 28.3 Å².